The molecule has 5 heteroatoms. The number of carbonyl (C=O) groups excluding carboxylic acids is 2. The molecule has 3 aromatic rings. The highest BCUT2D eigenvalue weighted by Crippen LogP contribution is 2.12. The maximum atomic E-state index is 12.2. The predicted molar refractivity (Wildman–Crippen MR) is 96.2 cm³/mol. The second-order valence-electron chi connectivity index (χ2n) is 5.44. The zero-order valence-corrected chi connectivity index (χ0v) is 13.5. The molecule has 25 heavy (non-hydrogen) atoms. The fourth-order valence-electron chi connectivity index (χ4n) is 2.28. The summed E-state index contributed by atoms with van der Waals surface area (Å²) in [7, 11) is 0. The van der Waals surface area contributed by atoms with Gasteiger partial charge in [0.15, 0.2) is 0 Å². The third-order valence-electron chi connectivity index (χ3n) is 3.62. The molecule has 0 aliphatic rings. The van der Waals surface area contributed by atoms with Crippen molar-refractivity contribution in [3.8, 4) is 0 Å². The minimum atomic E-state index is -0.186. The van der Waals surface area contributed by atoms with Gasteiger partial charge < -0.3 is 10.6 Å². The number of nitrogens with one attached hydrogen (secondary N) is 2. The molecule has 0 spiro atoms. The lowest BCUT2D eigenvalue weighted by Gasteiger charge is -2.08. The number of hydrogen-bond donors (Lipinski definition) is 2. The molecule has 0 bridgehead atoms. The van der Waals surface area contributed by atoms with Crippen molar-refractivity contribution in [3.63, 3.8) is 0 Å². The van der Waals surface area contributed by atoms with E-state index in [-0.39, 0.29) is 11.8 Å². The van der Waals surface area contributed by atoms with Crippen molar-refractivity contribution in [2.24, 2.45) is 0 Å². The first kappa shape index (κ1) is 16.4. The number of carbonyl (C=O) groups is 2. The molecule has 0 saturated carbocycles. The van der Waals surface area contributed by atoms with Gasteiger partial charge in [0, 0.05) is 35.8 Å². The van der Waals surface area contributed by atoms with E-state index in [1.807, 2.05) is 30.3 Å². The van der Waals surface area contributed by atoms with Crippen molar-refractivity contribution < 1.29 is 9.59 Å². The molecular formula is C20H17N3O2. The van der Waals surface area contributed by atoms with Gasteiger partial charge in [-0.1, -0.05) is 24.3 Å². The Morgan fingerprint density at radius 1 is 0.800 bits per heavy atom. The number of benzene rings is 2. The van der Waals surface area contributed by atoms with Crippen LogP contribution in [0.3, 0.4) is 0 Å². The number of rotatable bonds is 5. The van der Waals surface area contributed by atoms with Gasteiger partial charge in [0.05, 0.1) is 0 Å². The van der Waals surface area contributed by atoms with Crippen LogP contribution in [0.4, 0.5) is 5.69 Å². The van der Waals surface area contributed by atoms with Crippen LogP contribution < -0.4 is 10.6 Å². The van der Waals surface area contributed by atoms with Gasteiger partial charge in [-0.25, -0.2) is 0 Å². The Balaban J connectivity index is 1.58. The molecule has 0 radical (unpaired) electrons. The number of anilines is 1. The summed E-state index contributed by atoms with van der Waals surface area (Å²) in [5, 5.41) is 5.64. The SMILES string of the molecule is O=C(NCc1cccnc1)c1ccc(NC(=O)c2ccccc2)cc1. The zero-order valence-electron chi connectivity index (χ0n) is 13.5. The van der Waals surface area contributed by atoms with Crippen LogP contribution in [0.25, 0.3) is 0 Å². The maximum Gasteiger partial charge on any atom is 0.255 e. The lowest BCUT2D eigenvalue weighted by molar-refractivity contribution is 0.0950. The minimum Gasteiger partial charge on any atom is -0.348 e. The Kier molecular flexibility index (Phi) is 5.16. The highest BCUT2D eigenvalue weighted by Gasteiger charge is 2.08. The van der Waals surface area contributed by atoms with E-state index in [0.717, 1.165) is 5.56 Å². The Labute approximate surface area is 145 Å². The van der Waals surface area contributed by atoms with Gasteiger partial charge in [-0.2, -0.15) is 0 Å². The van der Waals surface area contributed by atoms with Gasteiger partial charge in [0.2, 0.25) is 0 Å². The van der Waals surface area contributed by atoms with Gasteiger partial charge in [-0.05, 0) is 48.0 Å². The summed E-state index contributed by atoms with van der Waals surface area (Å²) in [6.45, 7) is 0.416. The largest absolute Gasteiger partial charge is 0.348 e. The first-order valence-corrected chi connectivity index (χ1v) is 7.86. The van der Waals surface area contributed by atoms with E-state index < -0.39 is 0 Å². The number of nitrogens with zero attached hydrogens (tertiary/aromatic N) is 1. The first-order valence-electron chi connectivity index (χ1n) is 7.86. The number of pyridine rings is 1. The van der Waals surface area contributed by atoms with E-state index in [0.29, 0.717) is 23.4 Å². The molecule has 0 unspecified atom stereocenters. The monoisotopic (exact) mass is 331 g/mol. The van der Waals surface area contributed by atoms with E-state index in [1.165, 1.54) is 0 Å². The zero-order chi connectivity index (χ0) is 17.5. The predicted octanol–water partition coefficient (Wildman–Crippen LogP) is 3.26. The quantitative estimate of drug-likeness (QED) is 0.754. The summed E-state index contributed by atoms with van der Waals surface area (Å²) in [5.41, 5.74) is 2.68. The fourth-order valence-corrected chi connectivity index (χ4v) is 2.28. The van der Waals surface area contributed by atoms with Gasteiger partial charge in [0.25, 0.3) is 11.8 Å². The smallest absolute Gasteiger partial charge is 0.255 e. The number of hydrogen-bond acceptors (Lipinski definition) is 3. The van der Waals surface area contributed by atoms with Crippen LogP contribution >= 0.6 is 0 Å². The highest BCUT2D eigenvalue weighted by atomic mass is 16.2. The summed E-state index contributed by atoms with van der Waals surface area (Å²) in [5.74, 6) is -0.362. The fraction of sp³-hybridized carbons (Fsp3) is 0.0500. The Hall–Kier alpha value is -3.47. The van der Waals surface area contributed by atoms with Crippen molar-refractivity contribution >= 4 is 17.5 Å². The van der Waals surface area contributed by atoms with Crippen LogP contribution in [-0.2, 0) is 6.54 Å². The van der Waals surface area contributed by atoms with Crippen molar-refractivity contribution in [1.82, 2.24) is 10.3 Å². The summed E-state index contributed by atoms with van der Waals surface area (Å²) in [6.07, 6.45) is 3.40. The minimum absolute atomic E-state index is 0.176. The van der Waals surface area contributed by atoms with E-state index in [2.05, 4.69) is 15.6 Å². The van der Waals surface area contributed by atoms with Crippen LogP contribution in [0.2, 0.25) is 0 Å². The second kappa shape index (κ2) is 7.88. The van der Waals surface area contributed by atoms with Gasteiger partial charge in [-0.15, -0.1) is 0 Å². The molecule has 0 atom stereocenters. The number of amides is 2. The Bertz CT molecular complexity index is 847. The molecule has 1 aromatic heterocycles. The summed E-state index contributed by atoms with van der Waals surface area (Å²) in [6, 6.07) is 19.5. The lowest BCUT2D eigenvalue weighted by Crippen LogP contribution is -2.22. The molecule has 0 aliphatic heterocycles. The maximum absolute atomic E-state index is 12.2. The summed E-state index contributed by atoms with van der Waals surface area (Å²) < 4.78 is 0. The topological polar surface area (TPSA) is 71.1 Å². The van der Waals surface area contributed by atoms with Gasteiger partial charge >= 0.3 is 0 Å². The average molecular weight is 331 g/mol. The Morgan fingerprint density at radius 3 is 2.20 bits per heavy atom. The normalized spacial score (nSPS) is 10.1. The van der Waals surface area contributed by atoms with E-state index >= 15 is 0 Å². The van der Waals surface area contributed by atoms with Crippen molar-refractivity contribution in [2.75, 3.05) is 5.32 Å². The van der Waals surface area contributed by atoms with Crippen molar-refractivity contribution in [2.45, 2.75) is 6.54 Å². The third kappa shape index (κ3) is 4.51. The standard InChI is InChI=1S/C20H17N3O2/c24-19(22-14-15-5-4-12-21-13-15)17-8-10-18(11-9-17)23-20(25)16-6-2-1-3-7-16/h1-13H,14H2,(H,22,24)(H,23,25). The van der Waals surface area contributed by atoms with Gasteiger partial charge in [0.1, 0.15) is 0 Å². The molecule has 2 N–H and O–H groups in total. The number of aromatic nitrogens is 1. The first-order chi connectivity index (χ1) is 12.2. The molecule has 0 fully saturated rings. The van der Waals surface area contributed by atoms with Crippen LogP contribution in [-0.4, -0.2) is 16.8 Å². The molecule has 3 rings (SSSR count). The lowest BCUT2D eigenvalue weighted by atomic mass is 10.1. The third-order valence-corrected chi connectivity index (χ3v) is 3.62. The van der Waals surface area contributed by atoms with E-state index in [9.17, 15) is 9.59 Å². The summed E-state index contributed by atoms with van der Waals surface area (Å²) in [4.78, 5) is 28.3. The van der Waals surface area contributed by atoms with Gasteiger partial charge in [-0.3, -0.25) is 14.6 Å². The molecular weight excluding hydrogens is 314 g/mol. The molecule has 2 amide bonds. The second-order valence-corrected chi connectivity index (χ2v) is 5.44. The van der Waals surface area contributed by atoms with Crippen LogP contribution in [0.15, 0.2) is 79.1 Å². The summed E-state index contributed by atoms with van der Waals surface area (Å²) >= 11 is 0. The molecule has 124 valence electrons. The van der Waals surface area contributed by atoms with Crippen LogP contribution in [0.1, 0.15) is 26.3 Å². The molecule has 0 saturated heterocycles. The van der Waals surface area contributed by atoms with Crippen molar-refractivity contribution in [1.29, 1.82) is 0 Å². The van der Waals surface area contributed by atoms with E-state index in [4.69, 9.17) is 0 Å². The average Bonchev–Trinajstić information content (AvgIpc) is 2.68. The molecule has 1 heterocycles. The van der Waals surface area contributed by atoms with Crippen molar-refractivity contribution in [3.05, 3.63) is 95.8 Å². The Morgan fingerprint density at radius 2 is 1.52 bits per heavy atom. The molecule has 5 nitrogen and oxygen atoms in total. The molecule has 2 aromatic carbocycles. The molecule has 0 aliphatic carbocycles. The van der Waals surface area contributed by atoms with E-state index in [1.54, 1.807) is 48.8 Å². The highest BCUT2D eigenvalue weighted by molar-refractivity contribution is 6.04. The van der Waals surface area contributed by atoms with Crippen LogP contribution in [0.5, 0.6) is 0 Å². The van der Waals surface area contributed by atoms with Crippen LogP contribution in [0, 0.1) is 0 Å².